The van der Waals surface area contributed by atoms with Crippen LogP contribution in [0.3, 0.4) is 0 Å². The molecular formula is C29H34Cl2N6O3S. The molecule has 9 nitrogen and oxygen atoms in total. The fourth-order valence-corrected chi connectivity index (χ4v) is 5.30. The van der Waals surface area contributed by atoms with Crippen LogP contribution in [0.25, 0.3) is 0 Å². The van der Waals surface area contributed by atoms with Crippen molar-refractivity contribution in [2.75, 3.05) is 11.9 Å². The monoisotopic (exact) mass is 616 g/mol. The Morgan fingerprint density at radius 2 is 1.85 bits per heavy atom. The Bertz CT molecular complexity index is 1440. The number of unbranched alkanes of at least 4 members (excludes halogenated alkanes) is 4. The minimum atomic E-state index is -0.842. The Balaban J connectivity index is 1.45. The van der Waals surface area contributed by atoms with Crippen LogP contribution in [0.5, 0.6) is 5.75 Å². The maximum absolute atomic E-state index is 11.0. The van der Waals surface area contributed by atoms with Gasteiger partial charge in [-0.1, -0.05) is 74.0 Å². The molecule has 12 heteroatoms. The van der Waals surface area contributed by atoms with E-state index in [-0.39, 0.29) is 11.6 Å². The third-order valence-corrected chi connectivity index (χ3v) is 8.31. The lowest BCUT2D eigenvalue weighted by molar-refractivity contribution is -0.136. The third-order valence-electron chi connectivity index (χ3n) is 6.52. The first-order chi connectivity index (χ1) is 19.8. The van der Waals surface area contributed by atoms with Gasteiger partial charge in [0.2, 0.25) is 0 Å². The number of aromatic nitrogens is 5. The van der Waals surface area contributed by atoms with Crippen molar-refractivity contribution in [2.45, 2.75) is 68.6 Å². The normalized spacial score (nSPS) is 11.1. The zero-order valence-corrected chi connectivity index (χ0v) is 25.5. The molecule has 0 unspecified atom stereocenters. The molecule has 0 aliphatic heterocycles. The van der Waals surface area contributed by atoms with Crippen LogP contribution in [0.15, 0.2) is 58.8 Å². The first kappa shape index (κ1) is 30.7. The topological polar surface area (TPSA) is 107 Å². The van der Waals surface area contributed by atoms with E-state index >= 15 is 0 Å². The molecule has 0 aliphatic rings. The highest BCUT2D eigenvalue weighted by molar-refractivity contribution is 7.99. The predicted molar refractivity (Wildman–Crippen MR) is 162 cm³/mol. The lowest BCUT2D eigenvalue weighted by atomic mass is 10.1. The second kappa shape index (κ2) is 15.1. The van der Waals surface area contributed by atoms with Gasteiger partial charge in [-0.25, -0.2) is 4.98 Å². The SMILES string of the molecule is CCCCCCCOc1cc(Sc2nnc(Cn3cnc(Cl)c3Cl)n2C)ccc1CNc1ccc(CC(=O)O)cc1. The number of benzene rings is 2. The Morgan fingerprint density at radius 1 is 1.07 bits per heavy atom. The Labute approximate surface area is 254 Å². The van der Waals surface area contributed by atoms with E-state index in [2.05, 4.69) is 33.5 Å². The van der Waals surface area contributed by atoms with E-state index in [4.69, 9.17) is 33.0 Å². The summed E-state index contributed by atoms with van der Waals surface area (Å²) in [6, 6.07) is 13.6. The first-order valence-corrected chi connectivity index (χ1v) is 15.1. The highest BCUT2D eigenvalue weighted by atomic mass is 35.5. The van der Waals surface area contributed by atoms with E-state index in [9.17, 15) is 4.79 Å². The average Bonchev–Trinajstić information content (AvgIpc) is 3.46. The van der Waals surface area contributed by atoms with Gasteiger partial charge >= 0.3 is 5.97 Å². The molecule has 4 rings (SSSR count). The van der Waals surface area contributed by atoms with Gasteiger partial charge in [0.05, 0.1) is 25.9 Å². The fraction of sp³-hybridized carbons (Fsp3) is 0.379. The molecule has 0 saturated carbocycles. The van der Waals surface area contributed by atoms with Gasteiger partial charge in [0.25, 0.3) is 0 Å². The summed E-state index contributed by atoms with van der Waals surface area (Å²) < 4.78 is 9.92. The number of carboxylic acid groups (broad SMARTS) is 1. The summed E-state index contributed by atoms with van der Waals surface area (Å²) in [7, 11) is 1.91. The summed E-state index contributed by atoms with van der Waals surface area (Å²) in [6.07, 6.45) is 7.40. The number of carbonyl (C=O) groups is 1. The third kappa shape index (κ3) is 8.89. The number of hydrogen-bond acceptors (Lipinski definition) is 7. The first-order valence-electron chi connectivity index (χ1n) is 13.6. The molecule has 0 fully saturated rings. The quantitative estimate of drug-likeness (QED) is 0.128. The van der Waals surface area contributed by atoms with Crippen molar-refractivity contribution in [3.8, 4) is 5.75 Å². The van der Waals surface area contributed by atoms with E-state index < -0.39 is 5.97 Å². The standard InChI is InChI=1S/C29H34Cl2N6O3S/c1-3-4-5-6-7-14-40-24-16-23(13-10-21(24)17-32-22-11-8-20(9-12-22)15-26(38)39)41-29-35-34-25(36(29)2)18-37-19-33-27(30)28(37)31/h8-13,16,19,32H,3-7,14-15,17-18H2,1-2H3,(H,38,39). The van der Waals surface area contributed by atoms with Crippen LogP contribution in [0.2, 0.25) is 10.3 Å². The summed E-state index contributed by atoms with van der Waals surface area (Å²) in [5, 5.41) is 22.5. The Morgan fingerprint density at radius 3 is 2.56 bits per heavy atom. The summed E-state index contributed by atoms with van der Waals surface area (Å²) in [4.78, 5) is 16.0. The van der Waals surface area contributed by atoms with Crippen molar-refractivity contribution < 1.29 is 14.6 Å². The maximum Gasteiger partial charge on any atom is 0.307 e. The summed E-state index contributed by atoms with van der Waals surface area (Å²) in [5.41, 5.74) is 2.71. The van der Waals surface area contributed by atoms with E-state index in [1.807, 2.05) is 48.0 Å². The van der Waals surface area contributed by atoms with Gasteiger partial charge in [-0.05, 0) is 48.0 Å². The van der Waals surface area contributed by atoms with Gasteiger partial charge < -0.3 is 24.3 Å². The second-order valence-electron chi connectivity index (χ2n) is 9.67. The van der Waals surface area contributed by atoms with Crippen LogP contribution in [-0.2, 0) is 31.4 Å². The van der Waals surface area contributed by atoms with Gasteiger partial charge in [0, 0.05) is 29.7 Å². The minimum absolute atomic E-state index is 0.00826. The predicted octanol–water partition coefficient (Wildman–Crippen LogP) is 7.11. The second-order valence-corrected chi connectivity index (χ2v) is 11.4. The van der Waals surface area contributed by atoms with E-state index in [0.717, 1.165) is 51.3 Å². The van der Waals surface area contributed by atoms with Crippen LogP contribution in [-0.4, -0.2) is 42.0 Å². The van der Waals surface area contributed by atoms with Crippen LogP contribution in [0, 0.1) is 0 Å². The molecule has 0 aliphatic carbocycles. The van der Waals surface area contributed by atoms with Gasteiger partial charge in [-0.15, -0.1) is 10.2 Å². The zero-order valence-electron chi connectivity index (χ0n) is 23.1. The zero-order chi connectivity index (χ0) is 29.2. The largest absolute Gasteiger partial charge is 0.493 e. The number of carboxylic acids is 1. The average molecular weight is 618 g/mol. The van der Waals surface area contributed by atoms with Gasteiger partial charge in [0.1, 0.15) is 10.9 Å². The highest BCUT2D eigenvalue weighted by Gasteiger charge is 2.15. The fourth-order valence-electron chi connectivity index (χ4n) is 4.16. The molecule has 218 valence electrons. The van der Waals surface area contributed by atoms with E-state index in [1.165, 1.54) is 31.0 Å². The van der Waals surface area contributed by atoms with Crippen molar-refractivity contribution in [1.82, 2.24) is 24.3 Å². The molecule has 0 saturated heterocycles. The number of rotatable bonds is 16. The lowest BCUT2D eigenvalue weighted by Gasteiger charge is -2.15. The van der Waals surface area contributed by atoms with Gasteiger partial charge in [-0.3, -0.25) is 4.79 Å². The molecule has 0 spiro atoms. The summed E-state index contributed by atoms with van der Waals surface area (Å²) in [5.74, 6) is 0.704. The Hall–Kier alpha value is -3.21. The molecule has 0 radical (unpaired) electrons. The Kier molecular flexibility index (Phi) is 11.4. The number of nitrogens with zero attached hydrogens (tertiary/aromatic N) is 5. The molecule has 2 heterocycles. The number of ether oxygens (including phenoxy) is 1. The number of aliphatic carboxylic acids is 1. The van der Waals surface area contributed by atoms with Crippen molar-refractivity contribution in [1.29, 1.82) is 0 Å². The highest BCUT2D eigenvalue weighted by Crippen LogP contribution is 2.32. The number of anilines is 1. The molecule has 4 aromatic rings. The number of halogens is 2. The minimum Gasteiger partial charge on any atom is -0.493 e. The number of imidazole rings is 1. The van der Waals surface area contributed by atoms with Gasteiger partial charge in [-0.2, -0.15) is 0 Å². The van der Waals surface area contributed by atoms with E-state index in [1.54, 1.807) is 10.9 Å². The van der Waals surface area contributed by atoms with E-state index in [0.29, 0.717) is 24.8 Å². The molecule has 2 N–H and O–H groups in total. The molecule has 0 bridgehead atoms. The van der Waals surface area contributed by atoms with Crippen LogP contribution in [0.4, 0.5) is 5.69 Å². The molecule has 41 heavy (non-hydrogen) atoms. The lowest BCUT2D eigenvalue weighted by Crippen LogP contribution is -2.06. The molecule has 2 aromatic carbocycles. The van der Waals surface area contributed by atoms with Crippen molar-refractivity contribution in [3.05, 3.63) is 76.0 Å². The summed E-state index contributed by atoms with van der Waals surface area (Å²) >= 11 is 13.7. The molecule has 0 atom stereocenters. The molecule has 2 aromatic heterocycles. The van der Waals surface area contributed by atoms with Gasteiger partial charge in [0.15, 0.2) is 16.1 Å². The van der Waals surface area contributed by atoms with Crippen molar-refractivity contribution in [3.63, 3.8) is 0 Å². The van der Waals surface area contributed by atoms with Crippen LogP contribution >= 0.6 is 35.0 Å². The number of nitrogens with one attached hydrogen (secondary N) is 1. The van der Waals surface area contributed by atoms with Crippen LogP contribution < -0.4 is 10.1 Å². The molecule has 0 amide bonds. The van der Waals surface area contributed by atoms with Crippen LogP contribution in [0.1, 0.15) is 56.0 Å². The van der Waals surface area contributed by atoms with Crippen molar-refractivity contribution in [2.24, 2.45) is 7.05 Å². The number of hydrogen-bond donors (Lipinski definition) is 2. The molecular weight excluding hydrogens is 583 g/mol. The summed E-state index contributed by atoms with van der Waals surface area (Å²) in [6.45, 7) is 3.83. The smallest absolute Gasteiger partial charge is 0.307 e. The maximum atomic E-state index is 11.0. The van der Waals surface area contributed by atoms with Crippen molar-refractivity contribution >= 4 is 46.6 Å².